The third-order valence-corrected chi connectivity index (χ3v) is 4.62. The van der Waals surface area contributed by atoms with Gasteiger partial charge in [-0.1, -0.05) is 83.3 Å². The number of carbonyl (C=O) groups excluding carboxylic acids is 1. The first-order valence-corrected chi connectivity index (χ1v) is 10.3. The molecule has 0 amide bonds. The molecule has 0 saturated carbocycles. The van der Waals surface area contributed by atoms with Crippen LogP contribution in [0.1, 0.15) is 105 Å². The number of aromatic carboxylic acids is 1. The van der Waals surface area contributed by atoms with Crippen molar-refractivity contribution in [3.63, 3.8) is 0 Å². The van der Waals surface area contributed by atoms with E-state index >= 15 is 0 Å². The maximum absolute atomic E-state index is 12.0. The zero-order valence-corrected chi connectivity index (χ0v) is 16.6. The zero-order chi connectivity index (χ0) is 19.7. The predicted molar refractivity (Wildman–Crippen MR) is 109 cm³/mol. The van der Waals surface area contributed by atoms with E-state index in [0.29, 0.717) is 0 Å². The standard InChI is InChI=1S/C23H34O4/c1-2-3-4-5-6-7-8-9-10-11-12-13-16-19-27-23(26)21-18-15-14-17-20(21)22(24)25/h14-19H,2-13H2,1H3,(H,24,25)/b19-16+. The van der Waals surface area contributed by atoms with Crippen molar-refractivity contribution in [2.45, 2.75) is 84.0 Å². The summed E-state index contributed by atoms with van der Waals surface area (Å²) in [5, 5.41) is 9.08. The highest BCUT2D eigenvalue weighted by atomic mass is 16.5. The molecule has 0 saturated heterocycles. The topological polar surface area (TPSA) is 63.6 Å². The van der Waals surface area contributed by atoms with Gasteiger partial charge < -0.3 is 9.84 Å². The molecule has 0 aliphatic heterocycles. The minimum atomic E-state index is -1.13. The van der Waals surface area contributed by atoms with Gasteiger partial charge in [-0.05, 0) is 31.1 Å². The van der Waals surface area contributed by atoms with Crippen LogP contribution in [-0.2, 0) is 4.74 Å². The minimum Gasteiger partial charge on any atom is -0.478 e. The van der Waals surface area contributed by atoms with Gasteiger partial charge in [0.05, 0.1) is 17.4 Å². The molecule has 0 heterocycles. The molecule has 0 unspecified atom stereocenters. The molecule has 150 valence electrons. The molecule has 4 heteroatoms. The lowest BCUT2D eigenvalue weighted by Crippen LogP contribution is -2.09. The van der Waals surface area contributed by atoms with Crippen molar-refractivity contribution in [3.05, 3.63) is 47.7 Å². The van der Waals surface area contributed by atoms with Crippen LogP contribution >= 0.6 is 0 Å². The van der Waals surface area contributed by atoms with Crippen LogP contribution in [0.4, 0.5) is 0 Å². The minimum absolute atomic E-state index is 0.0405. The molecule has 0 aliphatic carbocycles. The highest BCUT2D eigenvalue weighted by Crippen LogP contribution is 2.13. The molecule has 27 heavy (non-hydrogen) atoms. The Morgan fingerprint density at radius 3 is 1.93 bits per heavy atom. The summed E-state index contributed by atoms with van der Waals surface area (Å²) in [6.45, 7) is 2.25. The molecular weight excluding hydrogens is 340 g/mol. The molecule has 0 bridgehead atoms. The SMILES string of the molecule is CCCCCCCCCCCCC/C=C/OC(=O)c1ccccc1C(=O)O. The first-order chi connectivity index (χ1) is 13.2. The van der Waals surface area contributed by atoms with E-state index in [4.69, 9.17) is 9.84 Å². The molecule has 1 N–H and O–H groups in total. The summed E-state index contributed by atoms with van der Waals surface area (Å²) in [5.74, 6) is -1.77. The van der Waals surface area contributed by atoms with E-state index in [1.54, 1.807) is 12.1 Å². The van der Waals surface area contributed by atoms with Crippen LogP contribution in [0.15, 0.2) is 36.6 Å². The van der Waals surface area contributed by atoms with Crippen molar-refractivity contribution in [2.24, 2.45) is 0 Å². The predicted octanol–water partition coefficient (Wildman–Crippen LogP) is 6.76. The number of benzene rings is 1. The Balaban J connectivity index is 2.05. The third-order valence-electron chi connectivity index (χ3n) is 4.62. The van der Waals surface area contributed by atoms with E-state index < -0.39 is 11.9 Å². The van der Waals surface area contributed by atoms with Crippen molar-refractivity contribution in [1.29, 1.82) is 0 Å². The van der Waals surface area contributed by atoms with Crippen molar-refractivity contribution in [2.75, 3.05) is 0 Å². The average molecular weight is 375 g/mol. The number of hydrogen-bond acceptors (Lipinski definition) is 3. The quantitative estimate of drug-likeness (QED) is 0.209. The Hall–Kier alpha value is -2.10. The number of carboxylic acid groups (broad SMARTS) is 1. The number of esters is 1. The van der Waals surface area contributed by atoms with Gasteiger partial charge in [-0.25, -0.2) is 9.59 Å². The van der Waals surface area contributed by atoms with Crippen molar-refractivity contribution >= 4 is 11.9 Å². The molecule has 0 atom stereocenters. The molecule has 4 nitrogen and oxygen atoms in total. The highest BCUT2D eigenvalue weighted by Gasteiger charge is 2.16. The fourth-order valence-corrected chi connectivity index (χ4v) is 3.02. The zero-order valence-electron chi connectivity index (χ0n) is 16.6. The van der Waals surface area contributed by atoms with Gasteiger partial charge >= 0.3 is 11.9 Å². The van der Waals surface area contributed by atoms with Gasteiger partial charge in [-0.15, -0.1) is 0 Å². The molecule has 1 rings (SSSR count). The smallest absolute Gasteiger partial charge is 0.343 e. The van der Waals surface area contributed by atoms with E-state index in [-0.39, 0.29) is 11.1 Å². The maximum Gasteiger partial charge on any atom is 0.343 e. The Kier molecular flexibility index (Phi) is 12.7. The van der Waals surface area contributed by atoms with E-state index in [1.807, 2.05) is 6.08 Å². The molecule has 0 radical (unpaired) electrons. The summed E-state index contributed by atoms with van der Waals surface area (Å²) >= 11 is 0. The maximum atomic E-state index is 12.0. The summed E-state index contributed by atoms with van der Waals surface area (Å²) in [4.78, 5) is 23.1. The molecule has 0 spiro atoms. The number of rotatable bonds is 15. The average Bonchev–Trinajstić information content (AvgIpc) is 2.68. The third kappa shape index (κ3) is 10.6. The fourth-order valence-electron chi connectivity index (χ4n) is 3.02. The van der Waals surface area contributed by atoms with Gasteiger partial charge in [0.25, 0.3) is 0 Å². The molecule has 1 aromatic carbocycles. The van der Waals surface area contributed by atoms with Gasteiger partial charge in [0.2, 0.25) is 0 Å². The first-order valence-electron chi connectivity index (χ1n) is 10.3. The second-order valence-electron chi connectivity index (χ2n) is 6.95. The molecular formula is C23H34O4. The van der Waals surface area contributed by atoms with Crippen LogP contribution in [0.5, 0.6) is 0 Å². The van der Waals surface area contributed by atoms with Gasteiger partial charge in [0, 0.05) is 0 Å². The monoisotopic (exact) mass is 374 g/mol. The number of unbranched alkanes of at least 4 members (excludes halogenated alkanes) is 11. The van der Waals surface area contributed by atoms with Crippen LogP contribution in [0.3, 0.4) is 0 Å². The second kappa shape index (κ2) is 15.0. The summed E-state index contributed by atoms with van der Waals surface area (Å²) < 4.78 is 5.04. The summed E-state index contributed by atoms with van der Waals surface area (Å²) in [6.07, 6.45) is 18.4. The highest BCUT2D eigenvalue weighted by molar-refractivity contribution is 6.02. The number of carbonyl (C=O) groups is 2. The summed E-state index contributed by atoms with van der Waals surface area (Å²) in [6, 6.07) is 6.07. The number of hydrogen-bond donors (Lipinski definition) is 1. The van der Waals surface area contributed by atoms with Gasteiger partial charge in [0.1, 0.15) is 0 Å². The summed E-state index contributed by atoms with van der Waals surface area (Å²) in [7, 11) is 0. The number of ether oxygens (including phenoxy) is 1. The van der Waals surface area contributed by atoms with Crippen LogP contribution < -0.4 is 0 Å². The first kappa shape index (κ1) is 22.9. The lowest BCUT2D eigenvalue weighted by atomic mass is 10.1. The van der Waals surface area contributed by atoms with Crippen LogP contribution in [0.25, 0.3) is 0 Å². The Morgan fingerprint density at radius 2 is 1.37 bits per heavy atom. The number of carboxylic acids is 1. The van der Waals surface area contributed by atoms with Crippen LogP contribution in [0, 0.1) is 0 Å². The van der Waals surface area contributed by atoms with E-state index in [2.05, 4.69) is 6.92 Å². The number of allylic oxidation sites excluding steroid dienone is 1. The normalized spacial score (nSPS) is 11.0. The van der Waals surface area contributed by atoms with Crippen molar-refractivity contribution in [3.8, 4) is 0 Å². The van der Waals surface area contributed by atoms with Crippen molar-refractivity contribution in [1.82, 2.24) is 0 Å². The molecule has 0 aliphatic rings. The molecule has 1 aromatic rings. The lowest BCUT2D eigenvalue weighted by Gasteiger charge is -2.03. The molecule has 0 aromatic heterocycles. The van der Waals surface area contributed by atoms with Crippen LogP contribution in [0.2, 0.25) is 0 Å². The largest absolute Gasteiger partial charge is 0.478 e. The van der Waals surface area contributed by atoms with Crippen molar-refractivity contribution < 1.29 is 19.4 Å². The Bertz CT molecular complexity index is 577. The van der Waals surface area contributed by atoms with E-state index in [1.165, 1.54) is 82.6 Å². The Morgan fingerprint density at radius 1 is 0.852 bits per heavy atom. The lowest BCUT2D eigenvalue weighted by molar-refractivity contribution is 0.0631. The second-order valence-corrected chi connectivity index (χ2v) is 6.95. The van der Waals surface area contributed by atoms with E-state index in [9.17, 15) is 9.59 Å². The van der Waals surface area contributed by atoms with Gasteiger partial charge in [-0.2, -0.15) is 0 Å². The van der Waals surface area contributed by atoms with Gasteiger partial charge in [0.15, 0.2) is 0 Å². The molecule has 0 fully saturated rings. The Labute approximate surface area is 163 Å². The van der Waals surface area contributed by atoms with Gasteiger partial charge in [-0.3, -0.25) is 0 Å². The summed E-state index contributed by atoms with van der Waals surface area (Å²) in [5.41, 5.74) is 0.0330. The van der Waals surface area contributed by atoms with Crippen LogP contribution in [-0.4, -0.2) is 17.0 Å². The van der Waals surface area contributed by atoms with E-state index in [0.717, 1.165) is 12.8 Å². The fraction of sp³-hybridized carbons (Fsp3) is 0.565.